The van der Waals surface area contributed by atoms with Crippen molar-refractivity contribution in [1.82, 2.24) is 14.9 Å². The quantitative estimate of drug-likeness (QED) is 0.517. The van der Waals surface area contributed by atoms with Crippen LogP contribution in [0.1, 0.15) is 52.8 Å². The number of rotatable bonds is 2. The van der Waals surface area contributed by atoms with Gasteiger partial charge in [0.1, 0.15) is 20.9 Å². The second-order valence-electron chi connectivity index (χ2n) is 7.89. The number of likely N-dealkylation sites (tertiary alicyclic amines) is 1. The van der Waals surface area contributed by atoms with Crippen LogP contribution in [0.15, 0.2) is 6.07 Å². The van der Waals surface area contributed by atoms with Crippen LogP contribution in [0, 0.1) is 3.70 Å². The number of amides is 1. The Labute approximate surface area is 157 Å². The van der Waals surface area contributed by atoms with Crippen LogP contribution in [-0.4, -0.2) is 51.7 Å². The molecule has 2 aliphatic rings. The molecule has 0 N–H and O–H groups in total. The standard InChI is InChI=1S/C17H25IN4O2/c1-10(2)15-19-13(18)7-14(20-15)21-8-12-6-11(21)9-22(12)16(23)24-17(3,4)5/h7,10-12H,6,8-9H2,1-5H3/t11-,12-/m0/s1. The summed E-state index contributed by atoms with van der Waals surface area (Å²) in [5.74, 6) is 2.16. The number of aromatic nitrogens is 2. The predicted octanol–water partition coefficient (Wildman–Crippen LogP) is 3.40. The number of hydrogen-bond donors (Lipinski definition) is 0. The lowest BCUT2D eigenvalue weighted by Gasteiger charge is -2.35. The SMILES string of the molecule is CC(C)c1nc(I)cc(N2C[C@@H]3C[C@H]2CN3C(=O)OC(C)(C)C)n1. The maximum absolute atomic E-state index is 12.3. The van der Waals surface area contributed by atoms with Gasteiger partial charge in [0, 0.05) is 25.1 Å². The Morgan fingerprint density at radius 2 is 2.00 bits per heavy atom. The molecule has 2 bridgehead atoms. The van der Waals surface area contributed by atoms with Gasteiger partial charge in [-0.1, -0.05) is 13.8 Å². The summed E-state index contributed by atoms with van der Waals surface area (Å²) in [5.41, 5.74) is -0.451. The van der Waals surface area contributed by atoms with E-state index >= 15 is 0 Å². The third-order valence-corrected chi connectivity index (χ3v) is 4.93. The van der Waals surface area contributed by atoms with Crippen LogP contribution in [0.3, 0.4) is 0 Å². The first-order valence-corrected chi connectivity index (χ1v) is 9.52. The van der Waals surface area contributed by atoms with Crippen LogP contribution < -0.4 is 4.90 Å². The average Bonchev–Trinajstić information content (AvgIpc) is 3.04. The molecular weight excluding hydrogens is 419 g/mol. The molecule has 0 aliphatic carbocycles. The molecule has 2 aliphatic heterocycles. The van der Waals surface area contributed by atoms with E-state index in [1.54, 1.807) is 0 Å². The zero-order valence-electron chi connectivity index (χ0n) is 14.9. The van der Waals surface area contributed by atoms with Crippen molar-refractivity contribution >= 4 is 34.5 Å². The van der Waals surface area contributed by atoms with Gasteiger partial charge in [-0.25, -0.2) is 14.8 Å². The number of anilines is 1. The maximum Gasteiger partial charge on any atom is 0.410 e. The molecule has 1 aromatic heterocycles. The topological polar surface area (TPSA) is 58.6 Å². The molecule has 0 radical (unpaired) electrons. The van der Waals surface area contributed by atoms with Crippen LogP contribution in [0.2, 0.25) is 0 Å². The number of hydrogen-bond acceptors (Lipinski definition) is 5. The van der Waals surface area contributed by atoms with Gasteiger partial charge in [0.15, 0.2) is 0 Å². The van der Waals surface area contributed by atoms with Crippen LogP contribution in [0.5, 0.6) is 0 Å². The number of fused-ring (bicyclic) bond motifs is 2. The Balaban J connectivity index is 1.73. The molecule has 132 valence electrons. The molecule has 2 fully saturated rings. The first-order chi connectivity index (χ1) is 11.1. The average molecular weight is 444 g/mol. The van der Waals surface area contributed by atoms with Crippen LogP contribution in [0.4, 0.5) is 10.6 Å². The first kappa shape index (κ1) is 17.7. The maximum atomic E-state index is 12.3. The molecule has 1 amide bonds. The summed E-state index contributed by atoms with van der Waals surface area (Å²) in [6.45, 7) is 11.4. The van der Waals surface area contributed by atoms with E-state index < -0.39 is 5.60 Å². The molecule has 24 heavy (non-hydrogen) atoms. The van der Waals surface area contributed by atoms with Gasteiger partial charge < -0.3 is 14.5 Å². The fourth-order valence-corrected chi connectivity index (χ4v) is 3.85. The monoisotopic (exact) mass is 444 g/mol. The lowest BCUT2D eigenvalue weighted by atomic mass is 10.2. The van der Waals surface area contributed by atoms with Crippen molar-refractivity contribution in [2.24, 2.45) is 0 Å². The number of halogens is 1. The number of carbonyl (C=O) groups is 1. The largest absolute Gasteiger partial charge is 0.444 e. The highest BCUT2D eigenvalue weighted by atomic mass is 127. The van der Waals surface area contributed by atoms with E-state index in [4.69, 9.17) is 9.72 Å². The Bertz CT molecular complexity index is 644. The van der Waals surface area contributed by atoms with E-state index in [0.717, 1.165) is 28.3 Å². The summed E-state index contributed by atoms with van der Waals surface area (Å²) in [4.78, 5) is 25.8. The highest BCUT2D eigenvalue weighted by Crippen LogP contribution is 2.35. The lowest BCUT2D eigenvalue weighted by Crippen LogP contribution is -2.50. The highest BCUT2D eigenvalue weighted by Gasteiger charge is 2.47. The lowest BCUT2D eigenvalue weighted by molar-refractivity contribution is 0.0214. The Morgan fingerprint density at radius 1 is 1.29 bits per heavy atom. The fraction of sp³-hybridized carbons (Fsp3) is 0.706. The van der Waals surface area contributed by atoms with Crippen LogP contribution in [0.25, 0.3) is 0 Å². The third kappa shape index (κ3) is 3.60. The van der Waals surface area contributed by atoms with Crippen molar-refractivity contribution in [3.8, 4) is 0 Å². The third-order valence-electron chi connectivity index (χ3n) is 4.38. The van der Waals surface area contributed by atoms with E-state index in [-0.39, 0.29) is 12.1 Å². The molecule has 2 saturated heterocycles. The normalized spacial score (nSPS) is 23.3. The zero-order chi connectivity index (χ0) is 17.6. The molecule has 0 spiro atoms. The minimum atomic E-state index is -0.451. The Morgan fingerprint density at radius 3 is 2.54 bits per heavy atom. The smallest absolute Gasteiger partial charge is 0.410 e. The molecule has 2 atom stereocenters. The Kier molecular flexibility index (Phi) is 4.65. The number of nitrogens with zero attached hydrogens (tertiary/aromatic N) is 4. The van der Waals surface area contributed by atoms with Crippen molar-refractivity contribution in [2.45, 2.75) is 64.6 Å². The molecule has 6 nitrogen and oxygen atoms in total. The molecule has 1 aromatic rings. The van der Waals surface area contributed by atoms with Crippen molar-refractivity contribution in [3.05, 3.63) is 15.6 Å². The summed E-state index contributed by atoms with van der Waals surface area (Å²) in [6.07, 6.45) is 0.784. The second-order valence-corrected chi connectivity index (χ2v) is 9.00. The van der Waals surface area contributed by atoms with Crippen molar-refractivity contribution in [1.29, 1.82) is 0 Å². The summed E-state index contributed by atoms with van der Waals surface area (Å²) >= 11 is 2.25. The highest BCUT2D eigenvalue weighted by molar-refractivity contribution is 14.1. The van der Waals surface area contributed by atoms with E-state index in [1.165, 1.54) is 0 Å². The molecule has 3 heterocycles. The van der Waals surface area contributed by atoms with Crippen LogP contribution in [-0.2, 0) is 4.74 Å². The Hall–Kier alpha value is -1.12. The minimum Gasteiger partial charge on any atom is -0.444 e. The van der Waals surface area contributed by atoms with Crippen LogP contribution >= 0.6 is 22.6 Å². The van der Waals surface area contributed by atoms with Crippen molar-refractivity contribution < 1.29 is 9.53 Å². The molecule has 3 rings (SSSR count). The van der Waals surface area contributed by atoms with E-state index in [0.29, 0.717) is 18.5 Å². The van der Waals surface area contributed by atoms with Gasteiger partial charge in [-0.2, -0.15) is 0 Å². The first-order valence-electron chi connectivity index (χ1n) is 8.45. The van der Waals surface area contributed by atoms with E-state index in [2.05, 4.69) is 46.3 Å². The molecule has 0 unspecified atom stereocenters. The number of piperazine rings is 1. The van der Waals surface area contributed by atoms with Gasteiger partial charge in [-0.05, 0) is 49.8 Å². The summed E-state index contributed by atoms with van der Waals surface area (Å²) in [5, 5.41) is 0. The summed E-state index contributed by atoms with van der Waals surface area (Å²) < 4.78 is 6.49. The van der Waals surface area contributed by atoms with Gasteiger partial charge in [0.05, 0.1) is 12.1 Å². The van der Waals surface area contributed by atoms with Gasteiger partial charge >= 0.3 is 6.09 Å². The summed E-state index contributed by atoms with van der Waals surface area (Å²) in [6, 6.07) is 2.55. The van der Waals surface area contributed by atoms with Gasteiger partial charge in [-0.15, -0.1) is 0 Å². The second kappa shape index (κ2) is 6.31. The van der Waals surface area contributed by atoms with Crippen molar-refractivity contribution in [3.63, 3.8) is 0 Å². The molecule has 7 heteroatoms. The van der Waals surface area contributed by atoms with Gasteiger partial charge in [-0.3, -0.25) is 0 Å². The van der Waals surface area contributed by atoms with E-state index in [1.807, 2.05) is 31.7 Å². The predicted molar refractivity (Wildman–Crippen MR) is 101 cm³/mol. The zero-order valence-corrected chi connectivity index (χ0v) is 17.1. The minimum absolute atomic E-state index is 0.199. The molecular formula is C17H25IN4O2. The molecule has 0 aromatic carbocycles. The molecule has 0 saturated carbocycles. The fourth-order valence-electron chi connectivity index (χ4n) is 3.32. The van der Waals surface area contributed by atoms with Gasteiger partial charge in [0.2, 0.25) is 0 Å². The van der Waals surface area contributed by atoms with Crippen molar-refractivity contribution in [2.75, 3.05) is 18.0 Å². The number of carbonyl (C=O) groups excluding carboxylic acids is 1. The number of ether oxygens (including phenoxy) is 1. The van der Waals surface area contributed by atoms with E-state index in [9.17, 15) is 4.79 Å². The van der Waals surface area contributed by atoms with Gasteiger partial charge in [0.25, 0.3) is 0 Å². The summed E-state index contributed by atoms with van der Waals surface area (Å²) in [7, 11) is 0.